The summed E-state index contributed by atoms with van der Waals surface area (Å²) in [4.78, 5) is 51.6. The molecule has 0 bridgehead atoms. The number of carbonyl (C=O) groups is 4. The molecule has 2 amide bonds. The maximum absolute atomic E-state index is 13.5. The lowest BCUT2D eigenvalue weighted by Crippen LogP contribution is -2.36. The molecule has 49 heavy (non-hydrogen) atoms. The summed E-state index contributed by atoms with van der Waals surface area (Å²) in [6, 6.07) is 28.6. The summed E-state index contributed by atoms with van der Waals surface area (Å²) in [5.41, 5.74) is 0.875. The third kappa shape index (κ3) is 8.63. The van der Waals surface area contributed by atoms with Crippen LogP contribution in [0, 0.1) is 5.41 Å². The first-order chi connectivity index (χ1) is 23.5. The zero-order valence-electron chi connectivity index (χ0n) is 27.9. The van der Waals surface area contributed by atoms with Gasteiger partial charge in [-0.2, -0.15) is 0 Å². The lowest BCUT2D eigenvalue weighted by Gasteiger charge is -2.33. The van der Waals surface area contributed by atoms with Crippen LogP contribution in [-0.4, -0.2) is 43.1 Å². The maximum atomic E-state index is 13.5. The van der Waals surface area contributed by atoms with E-state index < -0.39 is 34.7 Å². The molecule has 0 radical (unpaired) electrons. The van der Waals surface area contributed by atoms with Gasteiger partial charge in [-0.25, -0.2) is 9.59 Å². The number of carbonyl (C=O) groups excluding carboxylic acids is 4. The molecule has 11 heteroatoms. The van der Waals surface area contributed by atoms with E-state index in [0.717, 1.165) is 12.0 Å². The normalized spacial score (nSPS) is 12.4. The third-order valence-corrected chi connectivity index (χ3v) is 8.04. The Morgan fingerprint density at radius 2 is 1.33 bits per heavy atom. The van der Waals surface area contributed by atoms with E-state index in [0.29, 0.717) is 11.4 Å². The number of methoxy groups -OCH3 is 2. The average Bonchev–Trinajstić information content (AvgIpc) is 3.12. The first kappa shape index (κ1) is 35.7. The highest BCUT2D eigenvalue weighted by atomic mass is 16.5. The predicted octanol–water partition coefficient (Wildman–Crippen LogP) is 8.07. The summed E-state index contributed by atoms with van der Waals surface area (Å²) in [7, 11) is 2.38. The summed E-state index contributed by atoms with van der Waals surface area (Å²) >= 11 is 0. The van der Waals surface area contributed by atoms with E-state index in [2.05, 4.69) is 20.9 Å². The molecular formula is C38H38N4O7. The highest BCUT2D eigenvalue weighted by Gasteiger charge is 2.36. The van der Waals surface area contributed by atoms with E-state index >= 15 is 0 Å². The molecule has 1 atom stereocenters. The second kappa shape index (κ2) is 16.1. The molecule has 0 fully saturated rings. The lowest BCUT2D eigenvalue weighted by atomic mass is 9.72. The van der Waals surface area contributed by atoms with E-state index in [1.807, 2.05) is 51.1 Å². The topological polar surface area (TPSA) is 156 Å². The van der Waals surface area contributed by atoms with Gasteiger partial charge >= 0.3 is 11.9 Å². The number of azo groups is 1. The number of aliphatic hydroxyl groups is 1. The number of amides is 2. The van der Waals surface area contributed by atoms with E-state index in [-0.39, 0.29) is 34.2 Å². The smallest absolute Gasteiger partial charge is 0.340 e. The van der Waals surface area contributed by atoms with E-state index in [4.69, 9.17) is 9.47 Å². The van der Waals surface area contributed by atoms with Gasteiger partial charge in [-0.1, -0.05) is 69.3 Å². The monoisotopic (exact) mass is 662 g/mol. The molecule has 4 aromatic carbocycles. The van der Waals surface area contributed by atoms with Crippen molar-refractivity contribution in [3.05, 3.63) is 131 Å². The van der Waals surface area contributed by atoms with Crippen LogP contribution < -0.4 is 10.6 Å². The molecule has 0 spiro atoms. The molecule has 0 aliphatic rings. The minimum atomic E-state index is -0.804. The molecule has 0 aliphatic carbocycles. The molecule has 0 saturated carbocycles. The minimum absolute atomic E-state index is 0.0241. The summed E-state index contributed by atoms with van der Waals surface area (Å²) < 4.78 is 9.59. The SMILES string of the molecule is CCC(c1ccccc1)C(C)(C)C(=O)Nc1ccc(C(O)=C(N=Nc2cc(C(=O)OC)ccc2C(=O)OC)C(=O)Nc2ccccc2)cc1. The summed E-state index contributed by atoms with van der Waals surface area (Å²) in [5, 5.41) is 25.1. The Morgan fingerprint density at radius 3 is 1.92 bits per heavy atom. The first-order valence-corrected chi connectivity index (χ1v) is 15.5. The highest BCUT2D eigenvalue weighted by molar-refractivity contribution is 6.08. The van der Waals surface area contributed by atoms with Crippen molar-refractivity contribution in [2.24, 2.45) is 15.6 Å². The van der Waals surface area contributed by atoms with Crippen molar-refractivity contribution in [3.8, 4) is 0 Å². The van der Waals surface area contributed by atoms with Gasteiger partial charge in [0.15, 0.2) is 11.5 Å². The van der Waals surface area contributed by atoms with Gasteiger partial charge in [-0.05, 0) is 72.5 Å². The van der Waals surface area contributed by atoms with Gasteiger partial charge in [-0.3, -0.25) is 9.59 Å². The van der Waals surface area contributed by atoms with Gasteiger partial charge in [0.05, 0.1) is 30.8 Å². The molecule has 0 aliphatic heterocycles. The number of esters is 2. The standard InChI is InChI=1S/C38H38N4O7/c1-6-30(24-13-9-7-10-14-24)38(2,3)37(47)40-28-20-17-25(18-21-28)33(43)32(34(44)39-27-15-11-8-12-16-27)42-41-31-23-26(35(45)48-4)19-22-29(31)36(46)49-5/h7-23,30,43H,6H2,1-5H3,(H,39,44)(H,40,47). The first-order valence-electron chi connectivity index (χ1n) is 15.5. The van der Waals surface area contributed by atoms with Crippen molar-refractivity contribution >= 4 is 46.6 Å². The average molecular weight is 663 g/mol. The van der Waals surface area contributed by atoms with Crippen molar-refractivity contribution < 1.29 is 33.8 Å². The molecule has 252 valence electrons. The third-order valence-electron chi connectivity index (χ3n) is 8.04. The Hall–Kier alpha value is -6.10. The molecule has 0 saturated heterocycles. The Bertz CT molecular complexity index is 1870. The van der Waals surface area contributed by atoms with Gasteiger partial charge in [0.2, 0.25) is 5.91 Å². The summed E-state index contributed by atoms with van der Waals surface area (Å²) in [6.45, 7) is 5.86. The highest BCUT2D eigenvalue weighted by Crippen LogP contribution is 2.39. The van der Waals surface area contributed by atoms with Crippen LogP contribution in [0.25, 0.3) is 5.76 Å². The fraction of sp³-hybridized carbons (Fsp3) is 0.211. The fourth-order valence-electron chi connectivity index (χ4n) is 5.30. The number of para-hydroxylation sites is 1. The van der Waals surface area contributed by atoms with Gasteiger partial charge < -0.3 is 25.2 Å². The second-order valence-corrected chi connectivity index (χ2v) is 11.6. The largest absolute Gasteiger partial charge is 0.505 e. The van der Waals surface area contributed by atoms with Crippen molar-refractivity contribution in [3.63, 3.8) is 0 Å². The van der Waals surface area contributed by atoms with Crippen LogP contribution in [0.2, 0.25) is 0 Å². The molecule has 1 unspecified atom stereocenters. The van der Waals surface area contributed by atoms with Crippen LogP contribution >= 0.6 is 0 Å². The molecule has 0 heterocycles. The van der Waals surface area contributed by atoms with Gasteiger partial charge in [0.1, 0.15) is 5.69 Å². The second-order valence-electron chi connectivity index (χ2n) is 11.6. The Morgan fingerprint density at radius 1 is 0.755 bits per heavy atom. The van der Waals surface area contributed by atoms with Gasteiger partial charge in [0.25, 0.3) is 5.91 Å². The number of anilines is 2. The van der Waals surface area contributed by atoms with Gasteiger partial charge in [0, 0.05) is 16.9 Å². The molecular weight excluding hydrogens is 624 g/mol. The number of hydrogen-bond donors (Lipinski definition) is 3. The number of hydrogen-bond acceptors (Lipinski definition) is 9. The Labute approximate surface area is 284 Å². The molecule has 11 nitrogen and oxygen atoms in total. The molecule has 4 aromatic rings. The summed E-state index contributed by atoms with van der Waals surface area (Å²) in [6.07, 6.45) is 0.762. The summed E-state index contributed by atoms with van der Waals surface area (Å²) in [5.74, 6) is -2.99. The van der Waals surface area contributed by atoms with Crippen LogP contribution in [-0.2, 0) is 19.1 Å². The van der Waals surface area contributed by atoms with Crippen LogP contribution in [0.1, 0.15) is 65.0 Å². The van der Waals surface area contributed by atoms with Crippen LogP contribution in [0.3, 0.4) is 0 Å². The number of benzene rings is 4. The lowest BCUT2D eigenvalue weighted by molar-refractivity contribution is -0.125. The number of aliphatic hydroxyl groups excluding tert-OH is 1. The number of ether oxygens (including phenoxy) is 2. The minimum Gasteiger partial charge on any atom is -0.505 e. The van der Waals surface area contributed by atoms with Crippen molar-refractivity contribution in [1.29, 1.82) is 0 Å². The van der Waals surface area contributed by atoms with Crippen molar-refractivity contribution in [2.45, 2.75) is 33.1 Å². The van der Waals surface area contributed by atoms with E-state index in [1.165, 1.54) is 44.6 Å². The van der Waals surface area contributed by atoms with Gasteiger partial charge in [-0.15, -0.1) is 10.2 Å². The van der Waals surface area contributed by atoms with Crippen LogP contribution in [0.15, 0.2) is 119 Å². The number of nitrogens with zero attached hydrogens (tertiary/aromatic N) is 2. The fourth-order valence-corrected chi connectivity index (χ4v) is 5.30. The maximum Gasteiger partial charge on any atom is 0.340 e. The van der Waals surface area contributed by atoms with E-state index in [9.17, 15) is 24.3 Å². The zero-order chi connectivity index (χ0) is 35.6. The Balaban J connectivity index is 1.68. The Kier molecular flexibility index (Phi) is 11.8. The van der Waals surface area contributed by atoms with Crippen LogP contribution in [0.5, 0.6) is 0 Å². The van der Waals surface area contributed by atoms with Crippen molar-refractivity contribution in [1.82, 2.24) is 0 Å². The van der Waals surface area contributed by atoms with E-state index in [1.54, 1.807) is 42.5 Å². The zero-order valence-corrected chi connectivity index (χ0v) is 27.9. The number of rotatable bonds is 12. The number of nitrogens with one attached hydrogen (secondary N) is 2. The predicted molar refractivity (Wildman–Crippen MR) is 187 cm³/mol. The van der Waals surface area contributed by atoms with Crippen molar-refractivity contribution in [2.75, 3.05) is 24.9 Å². The molecule has 4 rings (SSSR count). The quantitative estimate of drug-likeness (QED) is 0.0599. The molecule has 3 N–H and O–H groups in total. The van der Waals surface area contributed by atoms with Crippen LogP contribution in [0.4, 0.5) is 17.1 Å². The molecule has 0 aromatic heterocycles.